The number of hydrogen-bond donors (Lipinski definition) is 2. The number of sulfonamides is 1. The van der Waals surface area contributed by atoms with E-state index in [9.17, 15) is 13.2 Å². The van der Waals surface area contributed by atoms with E-state index in [0.717, 1.165) is 23.9 Å². The van der Waals surface area contributed by atoms with E-state index >= 15 is 0 Å². The highest BCUT2D eigenvalue weighted by Crippen LogP contribution is 2.23. The van der Waals surface area contributed by atoms with Crippen LogP contribution in [0.5, 0.6) is 5.75 Å². The number of anilines is 1. The molecule has 140 valence electrons. The highest BCUT2D eigenvalue weighted by Gasteiger charge is 2.20. The summed E-state index contributed by atoms with van der Waals surface area (Å²) in [5, 5.41) is 2.87. The van der Waals surface area contributed by atoms with Crippen molar-refractivity contribution in [1.82, 2.24) is 4.72 Å². The van der Waals surface area contributed by atoms with Crippen LogP contribution in [0.4, 0.5) is 5.69 Å². The van der Waals surface area contributed by atoms with Crippen LogP contribution in [0.1, 0.15) is 30.5 Å². The van der Waals surface area contributed by atoms with Crippen molar-refractivity contribution in [1.29, 1.82) is 0 Å². The Morgan fingerprint density at radius 3 is 2.35 bits per heavy atom. The summed E-state index contributed by atoms with van der Waals surface area (Å²) in [7, 11) is -1.92. The number of methoxy groups -OCH3 is 1. The average Bonchev–Trinajstić information content (AvgIpc) is 2.60. The molecule has 1 atom stereocenters. The molecule has 1 amide bonds. The lowest BCUT2D eigenvalue weighted by molar-refractivity contribution is -0.116. The predicted molar refractivity (Wildman–Crippen MR) is 103 cm³/mol. The summed E-state index contributed by atoms with van der Waals surface area (Å²) >= 11 is 0. The van der Waals surface area contributed by atoms with Crippen LogP contribution in [0, 0.1) is 0 Å². The number of carbonyl (C=O) groups is 1. The summed E-state index contributed by atoms with van der Waals surface area (Å²) in [5.41, 5.74) is 2.46. The number of hydrogen-bond acceptors (Lipinski definition) is 4. The summed E-state index contributed by atoms with van der Waals surface area (Å²) in [6, 6.07) is 13.8. The number of nitrogens with one attached hydrogen (secondary N) is 2. The van der Waals surface area contributed by atoms with Crippen molar-refractivity contribution in [2.45, 2.75) is 25.8 Å². The highest BCUT2D eigenvalue weighted by atomic mass is 32.2. The Morgan fingerprint density at radius 1 is 1.12 bits per heavy atom. The van der Waals surface area contributed by atoms with E-state index in [4.69, 9.17) is 4.74 Å². The maximum absolute atomic E-state index is 12.5. The Labute approximate surface area is 154 Å². The van der Waals surface area contributed by atoms with Gasteiger partial charge in [0, 0.05) is 12.1 Å². The maximum atomic E-state index is 12.5. The Balaban J connectivity index is 2.18. The molecule has 2 aromatic rings. The first kappa shape index (κ1) is 19.9. The first-order chi connectivity index (χ1) is 12.3. The van der Waals surface area contributed by atoms with Gasteiger partial charge in [0.2, 0.25) is 15.9 Å². The standard InChI is InChI=1S/C19H24N2O4S/c1-4-14-7-5-6-8-17(14)20-19(22)13-18(21-26(3,23)24)15-9-11-16(25-2)12-10-15/h5-12,18,21H,4,13H2,1-3H3,(H,20,22)/t18-/m0/s1. The molecule has 2 N–H and O–H groups in total. The molecule has 7 heteroatoms. The third kappa shape index (κ3) is 5.86. The molecule has 0 heterocycles. The number of ether oxygens (including phenoxy) is 1. The van der Waals surface area contributed by atoms with E-state index in [1.165, 1.54) is 0 Å². The lowest BCUT2D eigenvalue weighted by Crippen LogP contribution is -2.30. The Hall–Kier alpha value is -2.38. The first-order valence-electron chi connectivity index (χ1n) is 8.31. The van der Waals surface area contributed by atoms with Crippen LogP contribution in [0.15, 0.2) is 48.5 Å². The summed E-state index contributed by atoms with van der Waals surface area (Å²) in [4.78, 5) is 12.5. The van der Waals surface area contributed by atoms with Gasteiger partial charge in [-0.2, -0.15) is 0 Å². The minimum absolute atomic E-state index is 0.0164. The minimum atomic E-state index is -3.48. The van der Waals surface area contributed by atoms with E-state index in [0.29, 0.717) is 11.3 Å². The van der Waals surface area contributed by atoms with Crippen LogP contribution in [-0.2, 0) is 21.2 Å². The molecule has 0 radical (unpaired) electrons. The Kier molecular flexibility index (Phi) is 6.76. The van der Waals surface area contributed by atoms with Gasteiger partial charge in [0.25, 0.3) is 0 Å². The van der Waals surface area contributed by atoms with Crippen LogP contribution < -0.4 is 14.8 Å². The van der Waals surface area contributed by atoms with Gasteiger partial charge in [0.05, 0.1) is 19.4 Å². The smallest absolute Gasteiger partial charge is 0.226 e. The monoisotopic (exact) mass is 376 g/mol. The molecule has 0 spiro atoms. The molecule has 0 aliphatic heterocycles. The van der Waals surface area contributed by atoms with Crippen LogP contribution in [0.25, 0.3) is 0 Å². The minimum Gasteiger partial charge on any atom is -0.497 e. The lowest BCUT2D eigenvalue weighted by Gasteiger charge is -2.18. The third-order valence-electron chi connectivity index (χ3n) is 3.94. The number of amides is 1. The molecule has 6 nitrogen and oxygen atoms in total. The van der Waals surface area contributed by atoms with Crippen LogP contribution in [0.2, 0.25) is 0 Å². The molecule has 0 fully saturated rings. The average molecular weight is 376 g/mol. The highest BCUT2D eigenvalue weighted by molar-refractivity contribution is 7.88. The second-order valence-electron chi connectivity index (χ2n) is 5.98. The molecule has 0 bridgehead atoms. The molecular weight excluding hydrogens is 352 g/mol. The van der Waals surface area contributed by atoms with Crippen molar-refractivity contribution in [2.75, 3.05) is 18.7 Å². The van der Waals surface area contributed by atoms with Gasteiger partial charge in [0.1, 0.15) is 5.75 Å². The van der Waals surface area contributed by atoms with Gasteiger partial charge in [-0.05, 0) is 35.7 Å². The van der Waals surface area contributed by atoms with E-state index in [1.54, 1.807) is 31.4 Å². The zero-order valence-electron chi connectivity index (χ0n) is 15.2. The quantitative estimate of drug-likeness (QED) is 0.742. The maximum Gasteiger partial charge on any atom is 0.226 e. The van der Waals surface area contributed by atoms with Crippen molar-refractivity contribution in [2.24, 2.45) is 0 Å². The predicted octanol–water partition coefficient (Wildman–Crippen LogP) is 2.88. The number of benzene rings is 2. The second-order valence-corrected chi connectivity index (χ2v) is 7.76. The van der Waals surface area contributed by atoms with Crippen molar-refractivity contribution >= 4 is 21.6 Å². The largest absolute Gasteiger partial charge is 0.497 e. The SMILES string of the molecule is CCc1ccccc1NC(=O)C[C@H](NS(C)(=O)=O)c1ccc(OC)cc1. The summed E-state index contributed by atoms with van der Waals surface area (Å²) < 4.78 is 31.1. The number of aryl methyl sites for hydroxylation is 1. The fourth-order valence-electron chi connectivity index (χ4n) is 2.66. The topological polar surface area (TPSA) is 84.5 Å². The van der Waals surface area contributed by atoms with Gasteiger partial charge in [-0.25, -0.2) is 13.1 Å². The summed E-state index contributed by atoms with van der Waals surface area (Å²) in [6.45, 7) is 2.01. The van der Waals surface area contributed by atoms with Gasteiger partial charge < -0.3 is 10.1 Å². The van der Waals surface area contributed by atoms with Crippen molar-refractivity contribution in [3.8, 4) is 5.75 Å². The molecule has 2 aromatic carbocycles. The van der Waals surface area contributed by atoms with E-state index in [2.05, 4.69) is 10.0 Å². The molecule has 0 saturated heterocycles. The zero-order valence-corrected chi connectivity index (χ0v) is 16.0. The van der Waals surface area contributed by atoms with Crippen LogP contribution >= 0.6 is 0 Å². The number of para-hydroxylation sites is 1. The fourth-order valence-corrected chi connectivity index (χ4v) is 3.40. The molecule has 0 aliphatic carbocycles. The number of rotatable bonds is 8. The van der Waals surface area contributed by atoms with E-state index in [1.807, 2.05) is 31.2 Å². The van der Waals surface area contributed by atoms with Crippen molar-refractivity contribution < 1.29 is 17.9 Å². The molecule has 0 saturated carbocycles. The summed E-state index contributed by atoms with van der Waals surface area (Å²) in [5.74, 6) is 0.399. The lowest BCUT2D eigenvalue weighted by atomic mass is 10.0. The molecule has 2 rings (SSSR count). The second kappa shape index (κ2) is 8.82. The molecule has 0 unspecified atom stereocenters. The van der Waals surface area contributed by atoms with Gasteiger partial charge in [-0.1, -0.05) is 37.3 Å². The van der Waals surface area contributed by atoms with E-state index < -0.39 is 16.1 Å². The van der Waals surface area contributed by atoms with Crippen molar-refractivity contribution in [3.63, 3.8) is 0 Å². The van der Waals surface area contributed by atoms with Crippen molar-refractivity contribution in [3.05, 3.63) is 59.7 Å². The molecule has 0 aromatic heterocycles. The Morgan fingerprint density at radius 2 is 1.77 bits per heavy atom. The number of carbonyl (C=O) groups excluding carboxylic acids is 1. The normalized spacial score (nSPS) is 12.4. The third-order valence-corrected chi connectivity index (χ3v) is 4.65. The molecular formula is C19H24N2O4S. The summed E-state index contributed by atoms with van der Waals surface area (Å²) in [6.07, 6.45) is 1.85. The van der Waals surface area contributed by atoms with Gasteiger partial charge in [-0.15, -0.1) is 0 Å². The fraction of sp³-hybridized carbons (Fsp3) is 0.316. The van der Waals surface area contributed by atoms with Gasteiger partial charge >= 0.3 is 0 Å². The zero-order chi connectivity index (χ0) is 19.2. The van der Waals surface area contributed by atoms with E-state index in [-0.39, 0.29) is 12.3 Å². The van der Waals surface area contributed by atoms with Gasteiger partial charge in [-0.3, -0.25) is 4.79 Å². The van der Waals surface area contributed by atoms with Gasteiger partial charge in [0.15, 0.2) is 0 Å². The Bertz CT molecular complexity index is 848. The van der Waals surface area contributed by atoms with Crippen LogP contribution in [-0.4, -0.2) is 27.7 Å². The molecule has 26 heavy (non-hydrogen) atoms. The van der Waals surface area contributed by atoms with Crippen LogP contribution in [0.3, 0.4) is 0 Å². The molecule has 0 aliphatic rings. The first-order valence-corrected chi connectivity index (χ1v) is 10.2.